The summed E-state index contributed by atoms with van der Waals surface area (Å²) >= 11 is 5.89. The van der Waals surface area contributed by atoms with Crippen LogP contribution in [0.15, 0.2) is 29.3 Å². The Labute approximate surface area is 150 Å². The van der Waals surface area contributed by atoms with Gasteiger partial charge in [-0.15, -0.1) is 0 Å². The molecule has 1 unspecified atom stereocenters. The molecule has 134 valence electrons. The van der Waals surface area contributed by atoms with Crippen molar-refractivity contribution in [1.29, 1.82) is 0 Å². The molecule has 0 saturated carbocycles. The molecule has 1 saturated heterocycles. The molecule has 0 N–H and O–H groups in total. The Morgan fingerprint density at radius 2 is 2.20 bits per heavy atom. The first-order valence-corrected chi connectivity index (χ1v) is 10.2. The lowest BCUT2D eigenvalue weighted by Crippen LogP contribution is -2.43. The Morgan fingerprint density at radius 1 is 1.44 bits per heavy atom. The van der Waals surface area contributed by atoms with Gasteiger partial charge in [-0.25, -0.2) is 13.4 Å². The minimum Gasteiger partial charge on any atom is -0.337 e. The maximum Gasteiger partial charge on any atom is 0.261 e. The summed E-state index contributed by atoms with van der Waals surface area (Å²) < 4.78 is 24.6. The van der Waals surface area contributed by atoms with Gasteiger partial charge in [0.25, 0.3) is 5.56 Å². The molecule has 7 nitrogen and oxygen atoms in total. The Hall–Kier alpha value is -1.93. The summed E-state index contributed by atoms with van der Waals surface area (Å²) in [5.41, 5.74) is 0.139. The number of amides is 1. The highest BCUT2D eigenvalue weighted by molar-refractivity contribution is 7.91. The molecule has 3 rings (SSSR count). The van der Waals surface area contributed by atoms with Crippen LogP contribution in [0.1, 0.15) is 13.3 Å². The number of nitrogens with zero attached hydrogens (tertiary/aromatic N) is 3. The third kappa shape index (κ3) is 3.69. The first-order chi connectivity index (χ1) is 11.8. The van der Waals surface area contributed by atoms with Crippen LogP contribution in [0.3, 0.4) is 0 Å². The molecule has 2 aromatic rings. The Morgan fingerprint density at radius 3 is 2.84 bits per heavy atom. The van der Waals surface area contributed by atoms with Crippen molar-refractivity contribution in [3.05, 3.63) is 39.9 Å². The average molecular weight is 384 g/mol. The molecule has 1 aromatic heterocycles. The SMILES string of the molecule is CCN(C(=O)Cn1cnc2cc(Cl)ccc2c1=O)C1CCS(=O)(=O)C1. The molecule has 0 radical (unpaired) electrons. The zero-order valence-corrected chi connectivity index (χ0v) is 15.3. The van der Waals surface area contributed by atoms with E-state index in [-0.39, 0.29) is 35.6 Å². The predicted molar refractivity (Wildman–Crippen MR) is 95.5 cm³/mol. The molecule has 0 aliphatic carbocycles. The molecule has 0 spiro atoms. The van der Waals surface area contributed by atoms with Crippen molar-refractivity contribution in [2.45, 2.75) is 25.9 Å². The highest BCUT2D eigenvalue weighted by atomic mass is 35.5. The van der Waals surface area contributed by atoms with Crippen molar-refractivity contribution in [3.63, 3.8) is 0 Å². The van der Waals surface area contributed by atoms with E-state index in [1.54, 1.807) is 25.1 Å². The molecule has 1 aliphatic heterocycles. The number of carbonyl (C=O) groups excluding carboxylic acids is 1. The number of rotatable bonds is 4. The first-order valence-electron chi connectivity index (χ1n) is 7.95. The van der Waals surface area contributed by atoms with Crippen molar-refractivity contribution in [1.82, 2.24) is 14.5 Å². The molecule has 1 aromatic carbocycles. The number of sulfone groups is 1. The lowest BCUT2D eigenvalue weighted by molar-refractivity contribution is -0.133. The van der Waals surface area contributed by atoms with Crippen molar-refractivity contribution in [2.75, 3.05) is 18.1 Å². The van der Waals surface area contributed by atoms with E-state index < -0.39 is 9.84 Å². The van der Waals surface area contributed by atoms with Crippen LogP contribution in [0.4, 0.5) is 0 Å². The quantitative estimate of drug-likeness (QED) is 0.788. The molecule has 1 amide bonds. The van der Waals surface area contributed by atoms with Gasteiger partial charge in [-0.3, -0.25) is 14.2 Å². The highest BCUT2D eigenvalue weighted by Gasteiger charge is 2.33. The standard InChI is InChI=1S/C16H18ClN3O4S/c1-2-20(12-5-6-25(23,24)9-12)15(21)8-19-10-18-14-7-11(17)3-4-13(14)16(19)22/h3-4,7,10,12H,2,5-6,8-9H2,1H3. The summed E-state index contributed by atoms with van der Waals surface area (Å²) in [5.74, 6) is -0.211. The number of aromatic nitrogens is 2. The van der Waals surface area contributed by atoms with Crippen LogP contribution < -0.4 is 5.56 Å². The van der Waals surface area contributed by atoms with Crippen LogP contribution in [-0.2, 0) is 21.2 Å². The number of fused-ring (bicyclic) bond motifs is 1. The fraction of sp³-hybridized carbons (Fsp3) is 0.438. The second-order valence-electron chi connectivity index (χ2n) is 6.08. The lowest BCUT2D eigenvalue weighted by Gasteiger charge is -2.27. The molecule has 0 bridgehead atoms. The Bertz CT molecular complexity index is 987. The maximum atomic E-state index is 12.6. The monoisotopic (exact) mass is 383 g/mol. The number of hydrogen-bond donors (Lipinski definition) is 0. The Kier molecular flexibility index (Phi) is 4.83. The Balaban J connectivity index is 1.85. The van der Waals surface area contributed by atoms with Gasteiger partial charge in [-0.2, -0.15) is 0 Å². The minimum atomic E-state index is -3.09. The van der Waals surface area contributed by atoms with Gasteiger partial charge in [0.1, 0.15) is 6.54 Å². The second-order valence-corrected chi connectivity index (χ2v) is 8.74. The summed E-state index contributed by atoms with van der Waals surface area (Å²) in [6.07, 6.45) is 1.75. The van der Waals surface area contributed by atoms with Crippen LogP contribution in [0.25, 0.3) is 10.9 Å². The van der Waals surface area contributed by atoms with Crippen molar-refractivity contribution >= 4 is 38.2 Å². The van der Waals surface area contributed by atoms with Crippen molar-refractivity contribution < 1.29 is 13.2 Å². The van der Waals surface area contributed by atoms with E-state index in [2.05, 4.69) is 4.98 Å². The fourth-order valence-corrected chi connectivity index (χ4v) is 5.04. The second kappa shape index (κ2) is 6.76. The van der Waals surface area contributed by atoms with Gasteiger partial charge < -0.3 is 4.90 Å². The van der Waals surface area contributed by atoms with E-state index in [9.17, 15) is 18.0 Å². The first kappa shape index (κ1) is 17.9. The molecule has 25 heavy (non-hydrogen) atoms. The third-order valence-corrected chi connectivity index (χ3v) is 6.39. The van der Waals surface area contributed by atoms with E-state index in [4.69, 9.17) is 11.6 Å². The normalized spacial score (nSPS) is 19.2. The summed E-state index contributed by atoms with van der Waals surface area (Å²) in [6.45, 7) is 2.02. The maximum absolute atomic E-state index is 12.6. The van der Waals surface area contributed by atoms with Crippen LogP contribution in [-0.4, -0.2) is 52.9 Å². The molecule has 1 atom stereocenters. The zero-order valence-electron chi connectivity index (χ0n) is 13.7. The average Bonchev–Trinajstić information content (AvgIpc) is 2.90. The van der Waals surface area contributed by atoms with Gasteiger partial charge in [0, 0.05) is 17.6 Å². The van der Waals surface area contributed by atoms with Gasteiger partial charge in [-0.1, -0.05) is 11.6 Å². The van der Waals surface area contributed by atoms with Crippen LogP contribution in [0, 0.1) is 0 Å². The largest absolute Gasteiger partial charge is 0.337 e. The fourth-order valence-electron chi connectivity index (χ4n) is 3.14. The number of hydrogen-bond acceptors (Lipinski definition) is 5. The summed E-state index contributed by atoms with van der Waals surface area (Å²) in [7, 11) is -3.09. The van der Waals surface area contributed by atoms with E-state index in [1.807, 2.05) is 0 Å². The topological polar surface area (TPSA) is 89.3 Å². The third-order valence-electron chi connectivity index (χ3n) is 4.40. The molecule has 1 fully saturated rings. The van der Waals surface area contributed by atoms with Crippen LogP contribution in [0.2, 0.25) is 5.02 Å². The van der Waals surface area contributed by atoms with Crippen molar-refractivity contribution in [2.24, 2.45) is 0 Å². The van der Waals surface area contributed by atoms with Gasteiger partial charge in [0.15, 0.2) is 9.84 Å². The van der Waals surface area contributed by atoms with Gasteiger partial charge in [0.2, 0.25) is 5.91 Å². The van der Waals surface area contributed by atoms with Gasteiger partial charge >= 0.3 is 0 Å². The smallest absolute Gasteiger partial charge is 0.261 e. The van der Waals surface area contributed by atoms with E-state index in [1.165, 1.54) is 15.8 Å². The number of benzene rings is 1. The van der Waals surface area contributed by atoms with Crippen LogP contribution in [0.5, 0.6) is 0 Å². The number of likely N-dealkylation sites (N-methyl/N-ethyl adjacent to an activating group) is 1. The van der Waals surface area contributed by atoms with E-state index in [0.29, 0.717) is 28.9 Å². The molecular weight excluding hydrogens is 366 g/mol. The molecule has 2 heterocycles. The minimum absolute atomic E-state index is 0.0179. The van der Waals surface area contributed by atoms with E-state index >= 15 is 0 Å². The number of halogens is 1. The molecule has 1 aliphatic rings. The van der Waals surface area contributed by atoms with Gasteiger partial charge in [-0.05, 0) is 31.5 Å². The summed E-state index contributed by atoms with van der Waals surface area (Å²) in [6, 6.07) is 4.44. The van der Waals surface area contributed by atoms with Crippen molar-refractivity contribution in [3.8, 4) is 0 Å². The molecular formula is C16H18ClN3O4S. The lowest BCUT2D eigenvalue weighted by atomic mass is 10.2. The van der Waals surface area contributed by atoms with E-state index in [0.717, 1.165) is 0 Å². The zero-order chi connectivity index (χ0) is 18.2. The number of carbonyl (C=O) groups is 1. The summed E-state index contributed by atoms with van der Waals surface area (Å²) in [5, 5.41) is 0.860. The van der Waals surface area contributed by atoms with Crippen LogP contribution >= 0.6 is 11.6 Å². The highest BCUT2D eigenvalue weighted by Crippen LogP contribution is 2.18. The molecule has 9 heteroatoms. The summed E-state index contributed by atoms with van der Waals surface area (Å²) in [4.78, 5) is 30.8. The van der Waals surface area contributed by atoms with Gasteiger partial charge in [0.05, 0.1) is 28.7 Å². The predicted octanol–water partition coefficient (Wildman–Crippen LogP) is 1.09.